The summed E-state index contributed by atoms with van der Waals surface area (Å²) in [5, 5.41) is 9.68. The highest BCUT2D eigenvalue weighted by Gasteiger charge is 2.35. The smallest absolute Gasteiger partial charge is 0.241 e. The molecule has 0 radical (unpaired) electrons. The second-order valence-corrected chi connectivity index (χ2v) is 12.7. The zero-order valence-electron chi connectivity index (χ0n) is 21.1. The van der Waals surface area contributed by atoms with Gasteiger partial charge in [-0.2, -0.15) is 5.26 Å². The molecule has 1 amide bonds. The monoisotopic (exact) mass is 539 g/mol. The van der Waals surface area contributed by atoms with Gasteiger partial charge < -0.3 is 9.47 Å². The Morgan fingerprint density at radius 3 is 2.57 bits per heavy atom. The molecule has 0 N–H and O–H groups in total. The first-order valence-electron chi connectivity index (χ1n) is 12.0. The minimum atomic E-state index is -3.18. The summed E-state index contributed by atoms with van der Waals surface area (Å²) in [6.07, 6.45) is 5.18. The van der Waals surface area contributed by atoms with Gasteiger partial charge >= 0.3 is 0 Å². The average Bonchev–Trinajstić information content (AvgIpc) is 3.32. The van der Waals surface area contributed by atoms with E-state index in [0.717, 1.165) is 11.3 Å². The molecule has 3 aromatic rings. The van der Waals surface area contributed by atoms with E-state index in [2.05, 4.69) is 29.5 Å². The molecule has 1 aliphatic heterocycles. The molecule has 1 aliphatic rings. The highest BCUT2D eigenvalue weighted by molar-refractivity contribution is 7.90. The third kappa shape index (κ3) is 6.21. The molecular weight excluding hydrogens is 510 g/mol. The van der Waals surface area contributed by atoms with E-state index in [-0.39, 0.29) is 24.2 Å². The molecule has 0 aliphatic carbocycles. The largest absolute Gasteiger partial charge is 0.324 e. The fourth-order valence-electron chi connectivity index (χ4n) is 4.76. The van der Waals surface area contributed by atoms with Crippen molar-refractivity contribution in [3.05, 3.63) is 82.9 Å². The van der Waals surface area contributed by atoms with Gasteiger partial charge in [0, 0.05) is 42.3 Å². The zero-order valence-corrected chi connectivity index (χ0v) is 22.7. The zero-order chi connectivity index (χ0) is 26.8. The van der Waals surface area contributed by atoms with Crippen molar-refractivity contribution in [3.63, 3.8) is 0 Å². The summed E-state index contributed by atoms with van der Waals surface area (Å²) in [6.45, 7) is 5.08. The van der Waals surface area contributed by atoms with Crippen molar-refractivity contribution >= 4 is 33.0 Å². The molecule has 1 fully saturated rings. The van der Waals surface area contributed by atoms with Gasteiger partial charge in [-0.1, -0.05) is 29.8 Å². The number of amides is 1. The van der Waals surface area contributed by atoms with Crippen molar-refractivity contribution in [3.8, 4) is 6.07 Å². The number of nitrogens with zero attached hydrogens (tertiary/aromatic N) is 5. The average molecular weight is 540 g/mol. The number of aromatic nitrogens is 2. The minimum absolute atomic E-state index is 0.0295. The SMILES string of the molecule is CC(C)(c1ccc(C#N)cc1)n1cncc1CN1CC(=O)N(c2cccc(Cl)c2)C[C@@H]1CCS(C)(=O)=O. The van der Waals surface area contributed by atoms with Gasteiger partial charge in [0.15, 0.2) is 0 Å². The predicted octanol–water partition coefficient (Wildman–Crippen LogP) is 3.84. The first-order valence-corrected chi connectivity index (χ1v) is 14.4. The Hall–Kier alpha value is -3.19. The number of halogens is 1. The number of hydrogen-bond acceptors (Lipinski definition) is 6. The van der Waals surface area contributed by atoms with Crippen LogP contribution in [0.5, 0.6) is 0 Å². The predicted molar refractivity (Wildman–Crippen MR) is 144 cm³/mol. The van der Waals surface area contributed by atoms with Gasteiger partial charge in [-0.15, -0.1) is 0 Å². The topological polar surface area (TPSA) is 99.3 Å². The normalized spacial score (nSPS) is 17.1. The van der Waals surface area contributed by atoms with Crippen LogP contribution in [0.2, 0.25) is 5.02 Å². The number of hydrogen-bond donors (Lipinski definition) is 0. The number of carbonyl (C=O) groups excluding carboxylic acids is 1. The standard InChI is InChI=1S/C27H30ClN5O3S/c1-27(2,21-9-7-20(14-29)8-10-21)33-19-30-15-25(33)16-31-18-26(34)32(23-6-4-5-22(28)13-23)17-24(31)11-12-37(3,35)36/h4-10,13,15,19,24H,11-12,16-18H2,1-3H3/t24-/m0/s1. The number of nitriles is 1. The van der Waals surface area contributed by atoms with Gasteiger partial charge in [0.05, 0.1) is 41.5 Å². The molecule has 4 rings (SSSR count). The molecule has 1 saturated heterocycles. The highest BCUT2D eigenvalue weighted by atomic mass is 35.5. The Labute approximate surface area is 223 Å². The van der Waals surface area contributed by atoms with Crippen molar-refractivity contribution in [2.45, 2.75) is 38.4 Å². The van der Waals surface area contributed by atoms with Crippen LogP contribution in [0.25, 0.3) is 0 Å². The summed E-state index contributed by atoms with van der Waals surface area (Å²) < 4.78 is 26.1. The molecule has 8 nitrogen and oxygen atoms in total. The fraction of sp³-hybridized carbons (Fsp3) is 0.370. The lowest BCUT2D eigenvalue weighted by molar-refractivity contribution is -0.122. The summed E-state index contributed by atoms with van der Waals surface area (Å²) in [4.78, 5) is 21.3. The van der Waals surface area contributed by atoms with Crippen molar-refractivity contribution in [1.82, 2.24) is 14.5 Å². The summed E-state index contributed by atoms with van der Waals surface area (Å²) in [5.41, 5.74) is 2.75. The van der Waals surface area contributed by atoms with E-state index in [1.165, 1.54) is 6.26 Å². The van der Waals surface area contributed by atoms with Gasteiger partial charge in [0.25, 0.3) is 0 Å². The van der Waals surface area contributed by atoms with E-state index in [9.17, 15) is 13.2 Å². The number of piperazine rings is 1. The number of carbonyl (C=O) groups is 1. The van der Waals surface area contributed by atoms with E-state index in [4.69, 9.17) is 16.9 Å². The Bertz CT molecular complexity index is 1430. The Kier molecular flexibility index (Phi) is 7.74. The maximum absolute atomic E-state index is 13.2. The van der Waals surface area contributed by atoms with Crippen molar-refractivity contribution in [1.29, 1.82) is 5.26 Å². The lowest BCUT2D eigenvalue weighted by atomic mass is 9.93. The van der Waals surface area contributed by atoms with Gasteiger partial charge in [-0.05, 0) is 56.2 Å². The van der Waals surface area contributed by atoms with E-state index >= 15 is 0 Å². The molecule has 0 saturated carbocycles. The Morgan fingerprint density at radius 2 is 1.92 bits per heavy atom. The van der Waals surface area contributed by atoms with Crippen LogP contribution in [0, 0.1) is 11.3 Å². The van der Waals surface area contributed by atoms with Crippen molar-refractivity contribution < 1.29 is 13.2 Å². The third-order valence-corrected chi connectivity index (χ3v) is 8.11. The van der Waals surface area contributed by atoms with Crippen molar-refractivity contribution in [2.75, 3.05) is 30.0 Å². The molecule has 37 heavy (non-hydrogen) atoms. The quantitative estimate of drug-likeness (QED) is 0.431. The molecule has 10 heteroatoms. The first kappa shape index (κ1) is 26.9. The van der Waals surface area contributed by atoms with E-state index in [1.54, 1.807) is 47.8 Å². The van der Waals surface area contributed by atoms with Crippen LogP contribution in [0.15, 0.2) is 61.1 Å². The van der Waals surface area contributed by atoms with Crippen LogP contribution < -0.4 is 4.90 Å². The van der Waals surface area contributed by atoms with Crippen LogP contribution in [0.4, 0.5) is 5.69 Å². The lowest BCUT2D eigenvalue weighted by Gasteiger charge is -2.41. The maximum Gasteiger partial charge on any atom is 0.241 e. The third-order valence-electron chi connectivity index (χ3n) is 6.89. The van der Waals surface area contributed by atoms with Gasteiger partial charge in [-0.25, -0.2) is 13.4 Å². The molecule has 2 aromatic carbocycles. The second kappa shape index (κ2) is 10.7. The Balaban J connectivity index is 1.61. The van der Waals surface area contributed by atoms with Crippen LogP contribution in [-0.4, -0.2) is 59.9 Å². The molecule has 0 unspecified atom stereocenters. The lowest BCUT2D eigenvalue weighted by Crippen LogP contribution is -2.56. The van der Waals surface area contributed by atoms with Crippen LogP contribution in [0.3, 0.4) is 0 Å². The first-order chi connectivity index (χ1) is 17.5. The fourth-order valence-corrected chi connectivity index (χ4v) is 5.65. The van der Waals surface area contributed by atoms with Crippen molar-refractivity contribution in [2.24, 2.45) is 0 Å². The summed E-state index contributed by atoms with van der Waals surface area (Å²) in [7, 11) is -3.18. The van der Waals surface area contributed by atoms with Gasteiger partial charge in [0.1, 0.15) is 9.84 Å². The maximum atomic E-state index is 13.2. The molecule has 0 spiro atoms. The number of benzene rings is 2. The molecule has 0 bridgehead atoms. The van der Waals surface area contributed by atoms with Crippen LogP contribution in [-0.2, 0) is 26.7 Å². The molecular formula is C27H30ClN5O3S. The second-order valence-electron chi connectivity index (χ2n) is 9.96. The summed E-state index contributed by atoms with van der Waals surface area (Å²) >= 11 is 6.17. The van der Waals surface area contributed by atoms with Crippen LogP contribution in [0.1, 0.15) is 37.1 Å². The van der Waals surface area contributed by atoms with E-state index < -0.39 is 15.4 Å². The molecule has 1 aromatic heterocycles. The number of anilines is 1. The summed E-state index contributed by atoms with van der Waals surface area (Å²) in [6, 6.07) is 16.6. The number of sulfone groups is 1. The highest BCUT2D eigenvalue weighted by Crippen LogP contribution is 2.30. The van der Waals surface area contributed by atoms with E-state index in [0.29, 0.717) is 35.8 Å². The molecule has 1 atom stereocenters. The van der Waals surface area contributed by atoms with E-state index in [1.807, 2.05) is 23.1 Å². The number of imidazole rings is 1. The molecule has 2 heterocycles. The minimum Gasteiger partial charge on any atom is -0.324 e. The van der Waals surface area contributed by atoms with Gasteiger partial charge in [-0.3, -0.25) is 9.69 Å². The Morgan fingerprint density at radius 1 is 1.19 bits per heavy atom. The summed E-state index contributed by atoms with van der Waals surface area (Å²) in [5.74, 6) is -0.0443. The number of rotatable bonds is 8. The molecule has 194 valence electrons. The van der Waals surface area contributed by atoms with Crippen LogP contribution >= 0.6 is 11.6 Å². The van der Waals surface area contributed by atoms with Gasteiger partial charge in [0.2, 0.25) is 5.91 Å².